The highest BCUT2D eigenvalue weighted by atomic mass is 32.2. The van der Waals surface area contributed by atoms with Crippen LogP contribution >= 0.6 is 0 Å². The minimum atomic E-state index is -3.67. The Bertz CT molecular complexity index is 543. The summed E-state index contributed by atoms with van der Waals surface area (Å²) in [6.45, 7) is 0.377. The number of hydrogen-bond acceptors (Lipinski definition) is 5. The van der Waals surface area contributed by atoms with Crippen molar-refractivity contribution < 1.29 is 22.5 Å². The molecule has 0 spiro atoms. The number of benzene rings is 1. The fourth-order valence-electron chi connectivity index (χ4n) is 2.20. The molecule has 0 radical (unpaired) electrons. The van der Waals surface area contributed by atoms with Gasteiger partial charge in [0.2, 0.25) is 0 Å². The summed E-state index contributed by atoms with van der Waals surface area (Å²) < 4.78 is 31.2. The normalized spacial score (nSPS) is 21.4. The summed E-state index contributed by atoms with van der Waals surface area (Å²) >= 11 is 0. The Labute approximate surface area is 131 Å². The topological polar surface area (TPSA) is 107 Å². The maximum atomic E-state index is 11.8. The van der Waals surface area contributed by atoms with E-state index in [1.54, 1.807) is 0 Å². The van der Waals surface area contributed by atoms with Crippen molar-refractivity contribution in [3.05, 3.63) is 35.9 Å². The van der Waals surface area contributed by atoms with E-state index in [4.69, 9.17) is 15.0 Å². The largest absolute Gasteiger partial charge is 0.461 e. The highest BCUT2D eigenvalue weighted by molar-refractivity contribution is 7.85. The number of ether oxygens (including phenoxy) is 1. The van der Waals surface area contributed by atoms with Gasteiger partial charge >= 0.3 is 5.97 Å². The first kappa shape index (κ1) is 18.6. The third kappa shape index (κ3) is 8.76. The van der Waals surface area contributed by atoms with E-state index in [1.165, 1.54) is 0 Å². The minimum Gasteiger partial charge on any atom is -0.461 e. The second kappa shape index (κ2) is 8.87. The molecule has 0 amide bonds. The molecule has 3 N–H and O–H groups in total. The molecule has 0 aromatic heterocycles. The molecule has 124 valence electrons. The molecule has 7 heteroatoms. The van der Waals surface area contributed by atoms with Gasteiger partial charge < -0.3 is 10.5 Å². The van der Waals surface area contributed by atoms with E-state index in [0.29, 0.717) is 12.9 Å². The van der Waals surface area contributed by atoms with Crippen LogP contribution in [0.3, 0.4) is 0 Å². The summed E-state index contributed by atoms with van der Waals surface area (Å²) in [5.41, 5.74) is 6.85. The zero-order valence-corrected chi connectivity index (χ0v) is 13.5. The summed E-state index contributed by atoms with van der Waals surface area (Å²) in [5.74, 6) is -0.0146. The zero-order chi connectivity index (χ0) is 16.6. The Kier molecular flexibility index (Phi) is 7.50. The summed E-state index contributed by atoms with van der Waals surface area (Å²) in [7, 11) is -3.67. The van der Waals surface area contributed by atoms with Crippen molar-refractivity contribution in [1.29, 1.82) is 0 Å². The molecule has 1 aromatic carbocycles. The molecule has 1 aliphatic rings. The SMILES string of the molecule is CS(=O)(=O)O.NC1CCC(C(=O)OCc2ccccc2)CC1. The van der Waals surface area contributed by atoms with Crippen molar-refractivity contribution in [2.24, 2.45) is 11.7 Å². The maximum absolute atomic E-state index is 11.8. The first-order chi connectivity index (χ1) is 10.3. The Balaban J connectivity index is 0.000000422. The molecule has 22 heavy (non-hydrogen) atoms. The van der Waals surface area contributed by atoms with Crippen molar-refractivity contribution in [1.82, 2.24) is 0 Å². The Morgan fingerprint density at radius 1 is 1.23 bits per heavy atom. The summed E-state index contributed by atoms with van der Waals surface area (Å²) in [6.07, 6.45) is 4.33. The van der Waals surface area contributed by atoms with E-state index in [0.717, 1.165) is 31.2 Å². The molecule has 0 bridgehead atoms. The minimum absolute atomic E-state index is 0.0542. The quantitative estimate of drug-likeness (QED) is 0.646. The van der Waals surface area contributed by atoms with Crippen molar-refractivity contribution in [3.8, 4) is 0 Å². The van der Waals surface area contributed by atoms with Crippen LogP contribution in [0.4, 0.5) is 0 Å². The van der Waals surface area contributed by atoms with Crippen LogP contribution in [0, 0.1) is 5.92 Å². The monoisotopic (exact) mass is 329 g/mol. The molecule has 1 aliphatic carbocycles. The van der Waals surface area contributed by atoms with Crippen molar-refractivity contribution >= 4 is 16.1 Å². The molecule has 0 unspecified atom stereocenters. The van der Waals surface area contributed by atoms with E-state index in [1.807, 2.05) is 30.3 Å². The number of esters is 1. The standard InChI is InChI=1S/C14H19NO2.CH4O3S/c15-13-8-6-12(7-9-13)14(16)17-10-11-4-2-1-3-5-11;1-5(2,3)4/h1-5,12-13H,6-10,15H2;1H3,(H,2,3,4). The first-order valence-corrected chi connectivity index (χ1v) is 8.99. The molecule has 1 fully saturated rings. The predicted molar refractivity (Wildman–Crippen MR) is 83.6 cm³/mol. The van der Waals surface area contributed by atoms with Crippen LogP contribution in [0.25, 0.3) is 0 Å². The van der Waals surface area contributed by atoms with Crippen molar-refractivity contribution in [2.45, 2.75) is 38.3 Å². The first-order valence-electron chi connectivity index (χ1n) is 7.14. The molecule has 2 rings (SSSR count). The lowest BCUT2D eigenvalue weighted by molar-refractivity contribution is -0.151. The third-order valence-electron chi connectivity index (χ3n) is 3.33. The van der Waals surface area contributed by atoms with Gasteiger partial charge in [0.1, 0.15) is 6.61 Å². The number of rotatable bonds is 3. The Morgan fingerprint density at radius 2 is 1.73 bits per heavy atom. The second-order valence-corrected chi connectivity index (χ2v) is 6.90. The lowest BCUT2D eigenvalue weighted by Gasteiger charge is -2.24. The van der Waals surface area contributed by atoms with Crippen LogP contribution < -0.4 is 5.73 Å². The van der Waals surface area contributed by atoms with Crippen LogP contribution in [0.5, 0.6) is 0 Å². The predicted octanol–water partition coefficient (Wildman–Crippen LogP) is 1.75. The molecule has 1 saturated carbocycles. The highest BCUT2D eigenvalue weighted by Crippen LogP contribution is 2.24. The molecule has 0 aliphatic heterocycles. The van der Waals surface area contributed by atoms with Gasteiger partial charge in [0.25, 0.3) is 10.1 Å². The smallest absolute Gasteiger partial charge is 0.309 e. The van der Waals surface area contributed by atoms with E-state index in [9.17, 15) is 13.2 Å². The van der Waals surface area contributed by atoms with Gasteiger partial charge in [0.05, 0.1) is 12.2 Å². The molecule has 0 atom stereocenters. The zero-order valence-electron chi connectivity index (χ0n) is 12.6. The Hall–Kier alpha value is -1.44. The molecule has 1 aromatic rings. The number of carbonyl (C=O) groups excluding carboxylic acids is 1. The lowest BCUT2D eigenvalue weighted by Crippen LogP contribution is -2.30. The van der Waals surface area contributed by atoms with Gasteiger partial charge in [-0.1, -0.05) is 30.3 Å². The van der Waals surface area contributed by atoms with Crippen LogP contribution in [0.1, 0.15) is 31.2 Å². The van der Waals surface area contributed by atoms with Gasteiger partial charge in [-0.3, -0.25) is 9.35 Å². The highest BCUT2D eigenvalue weighted by Gasteiger charge is 2.25. The summed E-state index contributed by atoms with van der Waals surface area (Å²) in [6, 6.07) is 10.0. The van der Waals surface area contributed by atoms with E-state index < -0.39 is 10.1 Å². The van der Waals surface area contributed by atoms with Gasteiger partial charge in [-0.15, -0.1) is 0 Å². The number of nitrogens with two attached hydrogens (primary N) is 1. The maximum Gasteiger partial charge on any atom is 0.309 e. The van der Waals surface area contributed by atoms with E-state index in [-0.39, 0.29) is 17.9 Å². The van der Waals surface area contributed by atoms with Crippen LogP contribution in [0.15, 0.2) is 30.3 Å². The average molecular weight is 329 g/mol. The van der Waals surface area contributed by atoms with Gasteiger partial charge in [0, 0.05) is 6.04 Å². The summed E-state index contributed by atoms with van der Waals surface area (Å²) in [5, 5.41) is 0. The van der Waals surface area contributed by atoms with Gasteiger partial charge in [-0.05, 0) is 31.2 Å². The second-order valence-electron chi connectivity index (χ2n) is 5.44. The molecule has 0 saturated heterocycles. The van der Waals surface area contributed by atoms with Crippen LogP contribution in [0.2, 0.25) is 0 Å². The molecule has 0 heterocycles. The number of carbonyl (C=O) groups is 1. The van der Waals surface area contributed by atoms with Gasteiger partial charge in [0.15, 0.2) is 0 Å². The lowest BCUT2D eigenvalue weighted by atomic mass is 9.86. The number of hydrogen-bond donors (Lipinski definition) is 2. The molecule has 6 nitrogen and oxygen atoms in total. The van der Waals surface area contributed by atoms with Crippen LogP contribution in [-0.4, -0.2) is 31.2 Å². The van der Waals surface area contributed by atoms with E-state index >= 15 is 0 Å². The fraction of sp³-hybridized carbons (Fsp3) is 0.533. The van der Waals surface area contributed by atoms with Gasteiger partial charge in [-0.25, -0.2) is 0 Å². The third-order valence-corrected chi connectivity index (χ3v) is 3.33. The van der Waals surface area contributed by atoms with Crippen molar-refractivity contribution in [3.63, 3.8) is 0 Å². The fourth-order valence-corrected chi connectivity index (χ4v) is 2.20. The molecular formula is C15H23NO5S. The van der Waals surface area contributed by atoms with E-state index in [2.05, 4.69) is 0 Å². The van der Waals surface area contributed by atoms with Crippen LogP contribution in [-0.2, 0) is 26.3 Å². The average Bonchev–Trinajstić information content (AvgIpc) is 2.45. The summed E-state index contributed by atoms with van der Waals surface area (Å²) in [4.78, 5) is 11.8. The van der Waals surface area contributed by atoms with Crippen molar-refractivity contribution in [2.75, 3.05) is 6.26 Å². The van der Waals surface area contributed by atoms with Gasteiger partial charge in [-0.2, -0.15) is 8.42 Å². The molecular weight excluding hydrogens is 306 g/mol. The Morgan fingerprint density at radius 3 is 2.23 bits per heavy atom.